The lowest BCUT2D eigenvalue weighted by atomic mass is 9.93. The van der Waals surface area contributed by atoms with Gasteiger partial charge in [0.15, 0.2) is 0 Å². The number of hydrogen-bond acceptors (Lipinski definition) is 6. The first kappa shape index (κ1) is 20.9. The second-order valence-electron chi connectivity index (χ2n) is 7.03. The van der Waals surface area contributed by atoms with E-state index in [0.717, 1.165) is 0 Å². The molecule has 0 aromatic carbocycles. The van der Waals surface area contributed by atoms with Crippen LogP contribution in [0.15, 0.2) is 0 Å². The smallest absolute Gasteiger partial charge is 0.320 e. The summed E-state index contributed by atoms with van der Waals surface area (Å²) in [6.45, 7) is 11.8. The number of hydrogen-bond donors (Lipinski definition) is 2. The summed E-state index contributed by atoms with van der Waals surface area (Å²) in [7, 11) is 1.70. The molecule has 0 unspecified atom stereocenters. The molecule has 6 nitrogen and oxygen atoms in total. The number of rotatable bonds is 10. The molecule has 0 aromatic rings. The third kappa shape index (κ3) is 10.6. The second-order valence-corrected chi connectivity index (χ2v) is 7.03. The Hall–Kier alpha value is -1.14. The Kier molecular flexibility index (Phi) is 8.63. The average Bonchev–Trinajstić information content (AvgIpc) is 2.33. The summed E-state index contributed by atoms with van der Waals surface area (Å²) in [5, 5.41) is 5.79. The molecule has 0 rings (SSSR count). The maximum atomic E-state index is 11.8. The van der Waals surface area contributed by atoms with E-state index >= 15 is 0 Å². The van der Waals surface area contributed by atoms with Crippen molar-refractivity contribution < 1.29 is 19.1 Å². The summed E-state index contributed by atoms with van der Waals surface area (Å²) in [5.41, 5.74) is -1.18. The first-order valence-electron chi connectivity index (χ1n) is 7.79. The highest BCUT2D eigenvalue weighted by Gasteiger charge is 2.29. The lowest BCUT2D eigenvalue weighted by molar-refractivity contribution is -0.162. The summed E-state index contributed by atoms with van der Waals surface area (Å²) in [5.74, 6) is -0.563. The second kappa shape index (κ2) is 9.10. The van der Waals surface area contributed by atoms with Crippen molar-refractivity contribution in [3.05, 3.63) is 0 Å². The van der Waals surface area contributed by atoms with E-state index in [2.05, 4.69) is 10.6 Å². The Morgan fingerprint density at radius 1 is 0.909 bits per heavy atom. The molecule has 0 aliphatic rings. The van der Waals surface area contributed by atoms with Crippen molar-refractivity contribution in [3.8, 4) is 0 Å². The van der Waals surface area contributed by atoms with Crippen LogP contribution < -0.4 is 10.6 Å². The molecule has 0 saturated carbocycles. The van der Waals surface area contributed by atoms with Gasteiger partial charge < -0.3 is 20.1 Å². The molecule has 0 amide bonds. The summed E-state index contributed by atoms with van der Waals surface area (Å²) < 4.78 is 10.9. The summed E-state index contributed by atoms with van der Waals surface area (Å²) in [6, 6.07) is 0.237. The van der Waals surface area contributed by atoms with Crippen molar-refractivity contribution in [2.45, 2.75) is 71.6 Å². The fourth-order valence-corrected chi connectivity index (χ4v) is 1.82. The Bertz CT molecular complexity index is 365. The van der Waals surface area contributed by atoms with Crippen LogP contribution in [0, 0.1) is 0 Å². The Balaban J connectivity index is 4.29. The van der Waals surface area contributed by atoms with Crippen molar-refractivity contribution in [1.82, 2.24) is 10.6 Å². The molecule has 130 valence electrons. The molecule has 22 heavy (non-hydrogen) atoms. The predicted molar refractivity (Wildman–Crippen MR) is 86.6 cm³/mol. The van der Waals surface area contributed by atoms with Gasteiger partial charge in [-0.1, -0.05) is 13.8 Å². The SMILES string of the molecule is CNCC(=O)OC(C)(C)CCC(C)(C)OC(=O)CNC(C)C. The van der Waals surface area contributed by atoms with E-state index in [-0.39, 0.29) is 31.1 Å². The third-order valence-electron chi connectivity index (χ3n) is 3.09. The van der Waals surface area contributed by atoms with Crippen LogP contribution in [0.5, 0.6) is 0 Å². The summed E-state index contributed by atoms with van der Waals surface area (Å²) >= 11 is 0. The zero-order valence-corrected chi connectivity index (χ0v) is 15.0. The topological polar surface area (TPSA) is 76.7 Å². The van der Waals surface area contributed by atoms with Gasteiger partial charge in [-0.2, -0.15) is 0 Å². The van der Waals surface area contributed by atoms with Gasteiger partial charge in [0, 0.05) is 6.04 Å². The molecule has 0 radical (unpaired) electrons. The van der Waals surface area contributed by atoms with Gasteiger partial charge in [-0.05, 0) is 47.6 Å². The zero-order chi connectivity index (χ0) is 17.4. The minimum absolute atomic E-state index is 0.183. The van der Waals surface area contributed by atoms with Crippen LogP contribution in [0.25, 0.3) is 0 Å². The molecule has 0 aromatic heterocycles. The van der Waals surface area contributed by atoms with Gasteiger partial charge in [0.25, 0.3) is 0 Å². The molecule has 0 heterocycles. The van der Waals surface area contributed by atoms with E-state index in [9.17, 15) is 9.59 Å². The van der Waals surface area contributed by atoms with Crippen molar-refractivity contribution in [2.24, 2.45) is 0 Å². The summed E-state index contributed by atoms with van der Waals surface area (Å²) in [4.78, 5) is 23.3. The first-order valence-corrected chi connectivity index (χ1v) is 7.79. The average molecular weight is 316 g/mol. The molecule has 6 heteroatoms. The normalized spacial score (nSPS) is 12.4. The Labute approximate surface area is 134 Å². The number of ether oxygens (including phenoxy) is 2. The van der Waals surface area contributed by atoms with E-state index < -0.39 is 11.2 Å². The van der Waals surface area contributed by atoms with Crippen LogP contribution in [-0.2, 0) is 19.1 Å². The first-order chi connectivity index (χ1) is 9.97. The van der Waals surface area contributed by atoms with Crippen molar-refractivity contribution in [1.29, 1.82) is 0 Å². The van der Waals surface area contributed by atoms with Crippen molar-refractivity contribution in [2.75, 3.05) is 20.1 Å². The van der Waals surface area contributed by atoms with Gasteiger partial charge in [-0.15, -0.1) is 0 Å². The maximum Gasteiger partial charge on any atom is 0.320 e. The van der Waals surface area contributed by atoms with Crippen LogP contribution >= 0.6 is 0 Å². The number of carbonyl (C=O) groups is 2. The molecular formula is C16H32N2O4. The third-order valence-corrected chi connectivity index (χ3v) is 3.09. The predicted octanol–water partition coefficient (Wildman–Crippen LogP) is 1.63. The minimum atomic E-state index is -0.595. The van der Waals surface area contributed by atoms with Crippen LogP contribution in [0.4, 0.5) is 0 Å². The van der Waals surface area contributed by atoms with Gasteiger partial charge in [0.05, 0.1) is 13.1 Å². The van der Waals surface area contributed by atoms with Crippen LogP contribution in [0.3, 0.4) is 0 Å². The van der Waals surface area contributed by atoms with Gasteiger partial charge in [0.2, 0.25) is 0 Å². The lowest BCUT2D eigenvalue weighted by Gasteiger charge is -2.31. The molecule has 0 aliphatic heterocycles. The van der Waals surface area contributed by atoms with Crippen LogP contribution in [0.2, 0.25) is 0 Å². The molecule has 0 aliphatic carbocycles. The van der Waals surface area contributed by atoms with Crippen LogP contribution in [0.1, 0.15) is 54.4 Å². The number of likely N-dealkylation sites (N-methyl/N-ethyl adjacent to an activating group) is 1. The number of esters is 2. The quantitative estimate of drug-likeness (QED) is 0.597. The fraction of sp³-hybridized carbons (Fsp3) is 0.875. The maximum absolute atomic E-state index is 11.8. The molecule has 2 N–H and O–H groups in total. The number of nitrogens with one attached hydrogen (secondary N) is 2. The van der Waals surface area contributed by atoms with Crippen molar-refractivity contribution in [3.63, 3.8) is 0 Å². The fourth-order valence-electron chi connectivity index (χ4n) is 1.82. The van der Waals surface area contributed by atoms with Crippen LogP contribution in [-0.4, -0.2) is 49.3 Å². The molecule has 0 atom stereocenters. The minimum Gasteiger partial charge on any atom is -0.459 e. The lowest BCUT2D eigenvalue weighted by Crippen LogP contribution is -2.38. The Morgan fingerprint density at radius 2 is 1.32 bits per heavy atom. The van der Waals surface area contributed by atoms with E-state index in [1.807, 2.05) is 41.5 Å². The number of carbonyl (C=O) groups excluding carboxylic acids is 2. The zero-order valence-electron chi connectivity index (χ0n) is 15.0. The molecule has 0 fully saturated rings. The van der Waals surface area contributed by atoms with Crippen molar-refractivity contribution >= 4 is 11.9 Å². The highest BCUT2D eigenvalue weighted by atomic mass is 16.6. The van der Waals surface area contributed by atoms with Gasteiger partial charge in [0.1, 0.15) is 11.2 Å². The van der Waals surface area contributed by atoms with E-state index in [0.29, 0.717) is 12.8 Å². The molecule has 0 bridgehead atoms. The monoisotopic (exact) mass is 316 g/mol. The van der Waals surface area contributed by atoms with Gasteiger partial charge in [-0.3, -0.25) is 9.59 Å². The highest BCUT2D eigenvalue weighted by Crippen LogP contribution is 2.25. The van der Waals surface area contributed by atoms with E-state index in [4.69, 9.17) is 9.47 Å². The molecule has 0 saturated heterocycles. The molecular weight excluding hydrogens is 284 g/mol. The Morgan fingerprint density at radius 3 is 1.68 bits per heavy atom. The van der Waals surface area contributed by atoms with E-state index in [1.165, 1.54) is 0 Å². The molecule has 0 spiro atoms. The van der Waals surface area contributed by atoms with Gasteiger partial charge in [-0.25, -0.2) is 0 Å². The summed E-state index contributed by atoms with van der Waals surface area (Å²) in [6.07, 6.45) is 1.22. The largest absolute Gasteiger partial charge is 0.459 e. The highest BCUT2D eigenvalue weighted by molar-refractivity contribution is 5.72. The van der Waals surface area contributed by atoms with E-state index in [1.54, 1.807) is 7.05 Å². The standard InChI is InChI=1S/C16H32N2O4/c1-12(2)18-11-14(20)22-16(5,6)9-8-15(3,4)21-13(19)10-17-7/h12,17-18H,8-11H2,1-7H3. The van der Waals surface area contributed by atoms with Gasteiger partial charge >= 0.3 is 11.9 Å².